The molecular weight excluding hydrogens is 370 g/mol. The predicted octanol–water partition coefficient (Wildman–Crippen LogP) is 5.60. The molecule has 0 spiro atoms. The van der Waals surface area contributed by atoms with Gasteiger partial charge in [-0.3, -0.25) is 0 Å². The van der Waals surface area contributed by atoms with E-state index in [1.165, 1.54) is 29.2 Å². The van der Waals surface area contributed by atoms with Crippen molar-refractivity contribution in [2.24, 2.45) is 10.2 Å². The van der Waals surface area contributed by atoms with E-state index >= 15 is 0 Å². The lowest BCUT2D eigenvalue weighted by Crippen LogP contribution is -2.27. The van der Waals surface area contributed by atoms with Crippen molar-refractivity contribution in [3.05, 3.63) is 42.0 Å². The van der Waals surface area contributed by atoms with E-state index < -0.39 is 0 Å². The van der Waals surface area contributed by atoms with E-state index in [0.717, 1.165) is 22.5 Å². The van der Waals surface area contributed by atoms with Crippen molar-refractivity contribution in [2.45, 2.75) is 25.7 Å². The van der Waals surface area contributed by atoms with Gasteiger partial charge in [-0.15, -0.1) is 5.10 Å². The summed E-state index contributed by atoms with van der Waals surface area (Å²) < 4.78 is 0. The number of anilines is 1. The van der Waals surface area contributed by atoms with Crippen molar-refractivity contribution in [1.29, 1.82) is 0 Å². The molecule has 0 bridgehead atoms. The smallest absolute Gasteiger partial charge is 0.190 e. The second-order valence-electron chi connectivity index (χ2n) is 5.50. The normalized spacial score (nSPS) is 15.0. The molecule has 5 heteroatoms. The number of amidine groups is 1. The number of alkyl halides is 1. The number of halogens is 1. The van der Waals surface area contributed by atoms with Crippen LogP contribution in [0, 0.1) is 0 Å². The first-order valence-electron chi connectivity index (χ1n) is 7.81. The maximum atomic E-state index is 4.23. The second-order valence-corrected chi connectivity index (χ2v) is 7.23. The number of hydrogen-bond acceptors (Lipinski definition) is 3. The van der Waals surface area contributed by atoms with E-state index in [1.807, 2.05) is 0 Å². The SMILES string of the molecule is C=N/N=C(/SCC)N(CBr)c1ccc(C2CC2)c2ccccc12. The molecule has 0 heterocycles. The van der Waals surface area contributed by atoms with Gasteiger partial charge in [-0.1, -0.05) is 64.9 Å². The van der Waals surface area contributed by atoms with Gasteiger partial charge in [0.2, 0.25) is 0 Å². The summed E-state index contributed by atoms with van der Waals surface area (Å²) in [5, 5.41) is 11.5. The van der Waals surface area contributed by atoms with Crippen LogP contribution in [-0.2, 0) is 0 Å². The molecule has 0 aromatic heterocycles. The van der Waals surface area contributed by atoms with Crippen LogP contribution < -0.4 is 4.90 Å². The summed E-state index contributed by atoms with van der Waals surface area (Å²) in [5.41, 5.74) is 3.30. The number of benzene rings is 2. The first-order chi connectivity index (χ1) is 11.3. The fraction of sp³-hybridized carbons (Fsp3) is 0.333. The largest absolute Gasteiger partial charge is 0.308 e. The molecule has 120 valence electrons. The highest BCUT2D eigenvalue weighted by Crippen LogP contribution is 2.45. The summed E-state index contributed by atoms with van der Waals surface area (Å²) >= 11 is 5.28. The number of nitrogens with zero attached hydrogens (tertiary/aromatic N) is 3. The van der Waals surface area contributed by atoms with Crippen molar-refractivity contribution in [3.8, 4) is 0 Å². The molecule has 0 unspecified atom stereocenters. The molecule has 0 N–H and O–H groups in total. The van der Waals surface area contributed by atoms with Crippen molar-refractivity contribution in [3.63, 3.8) is 0 Å². The van der Waals surface area contributed by atoms with E-state index in [0.29, 0.717) is 5.45 Å². The van der Waals surface area contributed by atoms with Crippen LogP contribution in [0.4, 0.5) is 5.69 Å². The van der Waals surface area contributed by atoms with Crippen molar-refractivity contribution in [2.75, 3.05) is 16.1 Å². The first-order valence-corrected chi connectivity index (χ1v) is 9.92. The maximum absolute atomic E-state index is 4.23. The lowest BCUT2D eigenvalue weighted by molar-refractivity contribution is 1.14. The van der Waals surface area contributed by atoms with Crippen molar-refractivity contribution >= 4 is 56.0 Å². The van der Waals surface area contributed by atoms with E-state index in [-0.39, 0.29) is 0 Å². The van der Waals surface area contributed by atoms with Gasteiger partial charge in [0.15, 0.2) is 5.17 Å². The molecule has 2 aromatic rings. The minimum absolute atomic E-state index is 0.668. The molecule has 0 atom stereocenters. The van der Waals surface area contributed by atoms with Crippen LogP contribution in [-0.4, -0.2) is 23.1 Å². The molecule has 0 aliphatic heterocycles. The third kappa shape index (κ3) is 3.45. The fourth-order valence-electron chi connectivity index (χ4n) is 2.86. The highest BCUT2D eigenvalue weighted by atomic mass is 79.9. The lowest BCUT2D eigenvalue weighted by atomic mass is 9.99. The number of thioether (sulfide) groups is 1. The van der Waals surface area contributed by atoms with Gasteiger partial charge in [-0.25, -0.2) is 0 Å². The summed E-state index contributed by atoms with van der Waals surface area (Å²) in [7, 11) is 0. The van der Waals surface area contributed by atoms with Gasteiger partial charge in [-0.2, -0.15) is 5.10 Å². The van der Waals surface area contributed by atoms with Gasteiger partial charge in [0, 0.05) is 12.1 Å². The Morgan fingerprint density at radius 3 is 2.61 bits per heavy atom. The summed E-state index contributed by atoms with van der Waals surface area (Å²) in [6.45, 7) is 5.62. The Morgan fingerprint density at radius 1 is 1.26 bits per heavy atom. The molecule has 0 amide bonds. The Morgan fingerprint density at radius 2 is 2.00 bits per heavy atom. The second kappa shape index (κ2) is 7.49. The van der Waals surface area contributed by atoms with Crippen LogP contribution in [0.25, 0.3) is 10.8 Å². The Labute approximate surface area is 150 Å². The van der Waals surface area contributed by atoms with Gasteiger partial charge in [0.05, 0.1) is 11.1 Å². The van der Waals surface area contributed by atoms with E-state index in [4.69, 9.17) is 0 Å². The molecule has 0 saturated heterocycles. The monoisotopic (exact) mass is 389 g/mol. The number of fused-ring (bicyclic) bond motifs is 1. The zero-order valence-corrected chi connectivity index (χ0v) is 15.6. The third-order valence-electron chi connectivity index (χ3n) is 4.02. The summed E-state index contributed by atoms with van der Waals surface area (Å²) in [5.74, 6) is 1.68. The Balaban J connectivity index is 2.12. The van der Waals surface area contributed by atoms with E-state index in [2.05, 4.69) is 81.1 Å². The first kappa shape index (κ1) is 16.5. The molecule has 1 saturated carbocycles. The van der Waals surface area contributed by atoms with Gasteiger partial charge in [0.1, 0.15) is 0 Å². The average Bonchev–Trinajstić information content (AvgIpc) is 3.41. The van der Waals surface area contributed by atoms with Gasteiger partial charge < -0.3 is 4.90 Å². The summed E-state index contributed by atoms with van der Waals surface area (Å²) in [6, 6.07) is 13.1. The minimum atomic E-state index is 0.668. The molecular formula is C18H20BrN3S. The number of hydrogen-bond donors (Lipinski definition) is 0. The van der Waals surface area contributed by atoms with Gasteiger partial charge >= 0.3 is 0 Å². The lowest BCUT2D eigenvalue weighted by Gasteiger charge is -2.24. The zero-order chi connectivity index (χ0) is 16.2. The van der Waals surface area contributed by atoms with Crippen LogP contribution in [0.2, 0.25) is 0 Å². The molecule has 1 aliphatic rings. The van der Waals surface area contributed by atoms with Crippen LogP contribution in [0.1, 0.15) is 31.2 Å². The third-order valence-corrected chi connectivity index (χ3v) is 5.37. The fourth-order valence-corrected chi connectivity index (χ4v) is 4.23. The molecule has 23 heavy (non-hydrogen) atoms. The molecule has 0 radical (unpaired) electrons. The van der Waals surface area contributed by atoms with Crippen LogP contribution in [0.15, 0.2) is 46.6 Å². The van der Waals surface area contributed by atoms with Crippen LogP contribution in [0.5, 0.6) is 0 Å². The molecule has 3 nitrogen and oxygen atoms in total. The van der Waals surface area contributed by atoms with Crippen molar-refractivity contribution in [1.82, 2.24) is 0 Å². The Kier molecular flexibility index (Phi) is 5.38. The highest BCUT2D eigenvalue weighted by molar-refractivity contribution is 9.09. The molecule has 3 rings (SSSR count). The maximum Gasteiger partial charge on any atom is 0.190 e. The average molecular weight is 390 g/mol. The highest BCUT2D eigenvalue weighted by Gasteiger charge is 2.26. The quantitative estimate of drug-likeness (QED) is 0.219. The van der Waals surface area contributed by atoms with Crippen LogP contribution >= 0.6 is 27.7 Å². The molecule has 2 aromatic carbocycles. The Bertz CT molecular complexity index is 740. The van der Waals surface area contributed by atoms with Gasteiger partial charge in [0.25, 0.3) is 0 Å². The number of rotatable bonds is 5. The molecule has 1 fully saturated rings. The Hall–Kier alpha value is -1.33. The van der Waals surface area contributed by atoms with Crippen LogP contribution in [0.3, 0.4) is 0 Å². The topological polar surface area (TPSA) is 28.0 Å². The van der Waals surface area contributed by atoms with E-state index in [9.17, 15) is 0 Å². The predicted molar refractivity (Wildman–Crippen MR) is 107 cm³/mol. The summed E-state index contributed by atoms with van der Waals surface area (Å²) in [6.07, 6.45) is 2.62. The minimum Gasteiger partial charge on any atom is -0.308 e. The van der Waals surface area contributed by atoms with Gasteiger partial charge in [-0.05, 0) is 41.5 Å². The molecule has 1 aliphatic carbocycles. The van der Waals surface area contributed by atoms with Crippen molar-refractivity contribution < 1.29 is 0 Å². The standard InChI is InChI=1S/C18H20BrN3S/c1-3-23-18(21-20-2)22(12-19)17-11-10-14(13-8-9-13)15-6-4-5-7-16(15)17/h4-7,10-11,13H,2-3,8-9,12H2,1H3/b21-18+. The summed E-state index contributed by atoms with van der Waals surface area (Å²) in [4.78, 5) is 2.15. The zero-order valence-electron chi connectivity index (χ0n) is 13.2. The van der Waals surface area contributed by atoms with E-state index in [1.54, 1.807) is 11.8 Å².